The van der Waals surface area contributed by atoms with Gasteiger partial charge in [0.2, 0.25) is 0 Å². The number of benzene rings is 3. The molecule has 4 nitrogen and oxygen atoms in total. The van der Waals surface area contributed by atoms with Crippen molar-refractivity contribution >= 4 is 16.9 Å². The number of hydrogen-bond acceptors (Lipinski definition) is 3. The number of ether oxygens (including phenoxy) is 2. The molecule has 0 saturated heterocycles. The van der Waals surface area contributed by atoms with Crippen molar-refractivity contribution in [1.82, 2.24) is 0 Å². The zero-order valence-corrected chi connectivity index (χ0v) is 15.8. The molecule has 4 rings (SSSR count). The minimum atomic E-state index is -0.727. The highest BCUT2D eigenvalue weighted by Crippen LogP contribution is 2.48. The van der Waals surface area contributed by atoms with E-state index in [1.807, 2.05) is 12.1 Å². The van der Waals surface area contributed by atoms with Crippen LogP contribution in [0.3, 0.4) is 0 Å². The van der Waals surface area contributed by atoms with Crippen molar-refractivity contribution in [2.75, 3.05) is 7.11 Å². The summed E-state index contributed by atoms with van der Waals surface area (Å²) >= 11 is 0. The van der Waals surface area contributed by atoms with Gasteiger partial charge in [0.25, 0.3) is 0 Å². The fourth-order valence-electron chi connectivity index (χ4n) is 4.07. The van der Waals surface area contributed by atoms with Crippen LogP contribution in [0.5, 0.6) is 5.75 Å². The van der Waals surface area contributed by atoms with Crippen LogP contribution in [0.2, 0.25) is 0 Å². The standard InChI is InChI=1S/C23H23NO3/c1-23(2)13-18-11-16(7-9-20(18)21(23)27-22(24)25)14-4-5-17-12-19(26-3)8-6-15(17)10-14/h4-12,21H,13H2,1-3H3,(H2,24,25). The number of primary amides is 1. The molecule has 0 aromatic heterocycles. The van der Waals surface area contributed by atoms with Crippen molar-refractivity contribution in [3.05, 3.63) is 65.7 Å². The van der Waals surface area contributed by atoms with Crippen LogP contribution >= 0.6 is 0 Å². The van der Waals surface area contributed by atoms with Crippen LogP contribution in [0, 0.1) is 5.41 Å². The first-order valence-electron chi connectivity index (χ1n) is 9.04. The lowest BCUT2D eigenvalue weighted by molar-refractivity contribution is 0.0392. The van der Waals surface area contributed by atoms with E-state index in [0.717, 1.165) is 34.2 Å². The number of rotatable bonds is 3. The maximum atomic E-state index is 11.3. The number of fused-ring (bicyclic) bond motifs is 2. The Kier molecular flexibility index (Phi) is 4.06. The van der Waals surface area contributed by atoms with E-state index in [0.29, 0.717) is 0 Å². The van der Waals surface area contributed by atoms with Gasteiger partial charge in [0.15, 0.2) is 0 Å². The number of amides is 1. The molecule has 0 radical (unpaired) electrons. The lowest BCUT2D eigenvalue weighted by atomic mass is 9.87. The first-order valence-corrected chi connectivity index (χ1v) is 9.04. The molecule has 3 aromatic carbocycles. The third-order valence-electron chi connectivity index (χ3n) is 5.40. The molecular weight excluding hydrogens is 338 g/mol. The van der Waals surface area contributed by atoms with E-state index >= 15 is 0 Å². The average Bonchev–Trinajstić information content (AvgIpc) is 2.89. The molecule has 0 fully saturated rings. The van der Waals surface area contributed by atoms with Gasteiger partial charge in [0.05, 0.1) is 7.11 Å². The van der Waals surface area contributed by atoms with Crippen LogP contribution in [0.1, 0.15) is 31.1 Å². The lowest BCUT2D eigenvalue weighted by Gasteiger charge is -2.26. The summed E-state index contributed by atoms with van der Waals surface area (Å²) in [5.41, 5.74) is 9.67. The molecule has 0 heterocycles. The fourth-order valence-corrected chi connectivity index (χ4v) is 4.07. The normalized spacial score (nSPS) is 17.5. The van der Waals surface area contributed by atoms with Gasteiger partial charge >= 0.3 is 6.09 Å². The molecule has 27 heavy (non-hydrogen) atoms. The monoisotopic (exact) mass is 361 g/mol. The molecule has 138 valence electrons. The van der Waals surface area contributed by atoms with Crippen molar-refractivity contribution in [3.63, 3.8) is 0 Å². The van der Waals surface area contributed by atoms with Gasteiger partial charge in [-0.05, 0) is 57.6 Å². The lowest BCUT2D eigenvalue weighted by Crippen LogP contribution is -2.25. The van der Waals surface area contributed by atoms with E-state index < -0.39 is 6.09 Å². The van der Waals surface area contributed by atoms with E-state index in [2.05, 4.69) is 56.3 Å². The summed E-state index contributed by atoms with van der Waals surface area (Å²) in [6.07, 6.45) is -0.183. The molecular formula is C23H23NO3. The molecule has 0 saturated carbocycles. The van der Waals surface area contributed by atoms with E-state index in [1.54, 1.807) is 7.11 Å². The number of carbonyl (C=O) groups excluding carboxylic acids is 1. The zero-order valence-electron chi connectivity index (χ0n) is 15.8. The van der Waals surface area contributed by atoms with Crippen molar-refractivity contribution in [2.24, 2.45) is 11.1 Å². The average molecular weight is 361 g/mol. The Hall–Kier alpha value is -3.01. The second kappa shape index (κ2) is 6.31. The van der Waals surface area contributed by atoms with E-state index in [9.17, 15) is 4.79 Å². The quantitative estimate of drug-likeness (QED) is 0.694. The Labute approximate surface area is 158 Å². The Morgan fingerprint density at radius 3 is 2.41 bits per heavy atom. The first-order chi connectivity index (χ1) is 12.9. The largest absolute Gasteiger partial charge is 0.497 e. The molecule has 0 aliphatic heterocycles. The highest BCUT2D eigenvalue weighted by molar-refractivity contribution is 5.88. The highest BCUT2D eigenvalue weighted by Gasteiger charge is 2.41. The minimum Gasteiger partial charge on any atom is -0.497 e. The summed E-state index contributed by atoms with van der Waals surface area (Å²) in [7, 11) is 1.68. The van der Waals surface area contributed by atoms with Gasteiger partial charge < -0.3 is 15.2 Å². The van der Waals surface area contributed by atoms with Crippen molar-refractivity contribution in [3.8, 4) is 16.9 Å². The Morgan fingerprint density at radius 2 is 1.67 bits per heavy atom. The summed E-state index contributed by atoms with van der Waals surface area (Å²) in [6.45, 7) is 4.20. The molecule has 1 aliphatic rings. The zero-order chi connectivity index (χ0) is 19.2. The Morgan fingerprint density at radius 1 is 1.00 bits per heavy atom. The van der Waals surface area contributed by atoms with Crippen LogP contribution in [-0.2, 0) is 11.2 Å². The topological polar surface area (TPSA) is 61.6 Å². The number of carbonyl (C=O) groups is 1. The maximum Gasteiger partial charge on any atom is 0.405 e. The Balaban J connectivity index is 1.72. The van der Waals surface area contributed by atoms with E-state index in [4.69, 9.17) is 15.2 Å². The first kappa shape index (κ1) is 17.4. The van der Waals surface area contributed by atoms with Crippen LogP contribution in [0.25, 0.3) is 21.9 Å². The second-order valence-electron chi connectivity index (χ2n) is 7.82. The van der Waals surface area contributed by atoms with Gasteiger partial charge in [-0.3, -0.25) is 0 Å². The molecule has 0 spiro atoms. The van der Waals surface area contributed by atoms with Gasteiger partial charge in [0.1, 0.15) is 11.9 Å². The predicted molar refractivity (Wildman–Crippen MR) is 107 cm³/mol. The second-order valence-corrected chi connectivity index (χ2v) is 7.82. The summed E-state index contributed by atoms with van der Waals surface area (Å²) in [5, 5.41) is 2.32. The van der Waals surface area contributed by atoms with Crippen LogP contribution in [0.15, 0.2) is 54.6 Å². The Bertz CT molecular complexity index is 1040. The van der Waals surface area contributed by atoms with Gasteiger partial charge in [0, 0.05) is 5.41 Å². The van der Waals surface area contributed by atoms with Gasteiger partial charge in [-0.25, -0.2) is 4.79 Å². The minimum absolute atomic E-state index is 0.171. The van der Waals surface area contributed by atoms with E-state index in [1.165, 1.54) is 10.9 Å². The SMILES string of the molecule is COc1ccc2cc(-c3ccc4c(c3)CC(C)(C)C4OC(N)=O)ccc2c1. The number of nitrogens with two attached hydrogens (primary N) is 1. The molecule has 1 aliphatic carbocycles. The predicted octanol–water partition coefficient (Wildman–Crippen LogP) is 5.23. The molecule has 1 unspecified atom stereocenters. The van der Waals surface area contributed by atoms with Crippen molar-refractivity contribution in [2.45, 2.75) is 26.4 Å². The summed E-state index contributed by atoms with van der Waals surface area (Å²) in [4.78, 5) is 11.3. The van der Waals surface area contributed by atoms with Crippen molar-refractivity contribution in [1.29, 1.82) is 0 Å². The third kappa shape index (κ3) is 3.12. The van der Waals surface area contributed by atoms with Crippen LogP contribution < -0.4 is 10.5 Å². The third-order valence-corrected chi connectivity index (χ3v) is 5.40. The van der Waals surface area contributed by atoms with E-state index in [-0.39, 0.29) is 11.5 Å². The molecule has 1 amide bonds. The highest BCUT2D eigenvalue weighted by atomic mass is 16.6. The van der Waals surface area contributed by atoms with Gasteiger partial charge in [-0.1, -0.05) is 50.2 Å². The van der Waals surface area contributed by atoms with Crippen LogP contribution in [0.4, 0.5) is 4.79 Å². The molecule has 1 atom stereocenters. The number of methoxy groups -OCH3 is 1. The maximum absolute atomic E-state index is 11.3. The summed E-state index contributed by atoms with van der Waals surface area (Å²) in [6, 6.07) is 18.9. The molecule has 0 bridgehead atoms. The summed E-state index contributed by atoms with van der Waals surface area (Å²) in [5.74, 6) is 0.857. The van der Waals surface area contributed by atoms with Gasteiger partial charge in [-0.15, -0.1) is 0 Å². The van der Waals surface area contributed by atoms with Crippen molar-refractivity contribution < 1.29 is 14.3 Å². The van der Waals surface area contributed by atoms with Gasteiger partial charge in [-0.2, -0.15) is 0 Å². The smallest absolute Gasteiger partial charge is 0.405 e. The summed E-state index contributed by atoms with van der Waals surface area (Å²) < 4.78 is 10.7. The molecule has 4 heteroatoms. The van der Waals surface area contributed by atoms with Crippen LogP contribution in [-0.4, -0.2) is 13.2 Å². The molecule has 3 aromatic rings. The molecule has 2 N–H and O–H groups in total. The number of hydrogen-bond donors (Lipinski definition) is 1. The fraction of sp³-hybridized carbons (Fsp3) is 0.261.